The van der Waals surface area contributed by atoms with Gasteiger partial charge in [-0.3, -0.25) is 4.79 Å². The van der Waals surface area contributed by atoms with Crippen LogP contribution in [0, 0.1) is 5.92 Å². The number of hydrogen-bond donors (Lipinski definition) is 1. The maximum Gasteiger partial charge on any atom is 0.410 e. The maximum atomic E-state index is 12.3. The Kier molecular flexibility index (Phi) is 4.03. The largest absolute Gasteiger partial charge is 0.481 e. The number of ether oxygens (including phenoxy) is 3. The number of carbonyl (C=O) groups is 2. The summed E-state index contributed by atoms with van der Waals surface area (Å²) in [5, 5.41) is 9.54. The van der Waals surface area contributed by atoms with E-state index >= 15 is 0 Å². The molecule has 7 nitrogen and oxygen atoms in total. The summed E-state index contributed by atoms with van der Waals surface area (Å²) in [6.45, 7) is 5.94. The van der Waals surface area contributed by atoms with Crippen LogP contribution in [0.1, 0.15) is 32.3 Å². The zero-order chi connectivity index (χ0) is 17.5. The Bertz CT molecular complexity index is 666. The summed E-state index contributed by atoms with van der Waals surface area (Å²) in [6, 6.07) is 5.39. The number of aliphatic carboxylic acids is 1. The number of carbonyl (C=O) groups excluding carboxylic acids is 1. The van der Waals surface area contributed by atoms with Gasteiger partial charge in [-0.25, -0.2) is 4.79 Å². The topological polar surface area (TPSA) is 85.3 Å². The molecular weight excluding hydrogens is 314 g/mol. The van der Waals surface area contributed by atoms with E-state index in [1.165, 1.54) is 4.90 Å². The van der Waals surface area contributed by atoms with Gasteiger partial charge in [0.1, 0.15) is 5.60 Å². The second-order valence-corrected chi connectivity index (χ2v) is 7.05. The minimum atomic E-state index is -0.927. The Hall–Kier alpha value is -2.44. The van der Waals surface area contributed by atoms with Crippen LogP contribution in [0.15, 0.2) is 18.2 Å². The lowest BCUT2D eigenvalue weighted by Crippen LogP contribution is -2.35. The van der Waals surface area contributed by atoms with E-state index in [0.717, 1.165) is 5.56 Å². The van der Waals surface area contributed by atoms with Gasteiger partial charge in [-0.2, -0.15) is 0 Å². The molecule has 0 saturated carbocycles. The molecule has 0 spiro atoms. The molecule has 3 rings (SSSR count). The number of amides is 1. The normalized spacial score (nSPS) is 22.5. The first-order valence-electron chi connectivity index (χ1n) is 7.85. The summed E-state index contributed by atoms with van der Waals surface area (Å²) in [4.78, 5) is 25.4. The molecule has 1 N–H and O–H groups in total. The summed E-state index contributed by atoms with van der Waals surface area (Å²) in [5.41, 5.74) is 0.199. The number of likely N-dealkylation sites (tertiary alicyclic amines) is 1. The molecule has 2 atom stereocenters. The van der Waals surface area contributed by atoms with Crippen molar-refractivity contribution >= 4 is 12.1 Å². The minimum absolute atomic E-state index is 0.128. The van der Waals surface area contributed by atoms with Gasteiger partial charge >= 0.3 is 12.1 Å². The van der Waals surface area contributed by atoms with E-state index in [4.69, 9.17) is 14.2 Å². The average Bonchev–Trinajstić information content (AvgIpc) is 3.11. The lowest BCUT2D eigenvalue weighted by molar-refractivity contribution is -0.141. The molecule has 24 heavy (non-hydrogen) atoms. The number of hydrogen-bond acceptors (Lipinski definition) is 5. The zero-order valence-corrected chi connectivity index (χ0v) is 13.9. The van der Waals surface area contributed by atoms with E-state index < -0.39 is 23.6 Å². The molecule has 1 aromatic carbocycles. The number of carboxylic acid groups (broad SMARTS) is 1. The molecule has 2 aliphatic heterocycles. The van der Waals surface area contributed by atoms with E-state index in [1.807, 2.05) is 6.07 Å². The monoisotopic (exact) mass is 335 g/mol. The van der Waals surface area contributed by atoms with Gasteiger partial charge in [0.25, 0.3) is 0 Å². The van der Waals surface area contributed by atoms with Crippen molar-refractivity contribution in [2.75, 3.05) is 19.9 Å². The van der Waals surface area contributed by atoms with Crippen molar-refractivity contribution in [2.45, 2.75) is 32.3 Å². The van der Waals surface area contributed by atoms with E-state index in [0.29, 0.717) is 18.0 Å². The molecule has 2 aliphatic rings. The van der Waals surface area contributed by atoms with Crippen LogP contribution in [-0.2, 0) is 9.53 Å². The number of benzene rings is 1. The third kappa shape index (κ3) is 3.25. The first-order valence-corrected chi connectivity index (χ1v) is 7.85. The first-order chi connectivity index (χ1) is 11.2. The molecule has 0 radical (unpaired) electrons. The van der Waals surface area contributed by atoms with Crippen molar-refractivity contribution < 1.29 is 28.9 Å². The highest BCUT2D eigenvalue weighted by Gasteiger charge is 2.42. The van der Waals surface area contributed by atoms with Gasteiger partial charge in [-0.15, -0.1) is 0 Å². The van der Waals surface area contributed by atoms with Gasteiger partial charge in [0.2, 0.25) is 6.79 Å². The highest BCUT2D eigenvalue weighted by Crippen LogP contribution is 2.39. The van der Waals surface area contributed by atoms with Crippen molar-refractivity contribution in [3.63, 3.8) is 0 Å². The third-order valence-electron chi connectivity index (χ3n) is 4.11. The highest BCUT2D eigenvalue weighted by molar-refractivity contribution is 5.76. The van der Waals surface area contributed by atoms with Crippen LogP contribution in [0.4, 0.5) is 4.79 Å². The molecule has 1 aromatic rings. The molecule has 1 amide bonds. The summed E-state index contributed by atoms with van der Waals surface area (Å²) in [7, 11) is 0. The molecule has 2 heterocycles. The molecular formula is C17H21NO6. The fraction of sp³-hybridized carbons (Fsp3) is 0.529. The number of nitrogens with zero attached hydrogens (tertiary/aromatic N) is 1. The molecule has 1 fully saturated rings. The van der Waals surface area contributed by atoms with Crippen LogP contribution in [0.5, 0.6) is 11.5 Å². The molecule has 1 saturated heterocycles. The summed E-state index contributed by atoms with van der Waals surface area (Å²) < 4.78 is 16.0. The molecule has 0 aliphatic carbocycles. The average molecular weight is 335 g/mol. The van der Waals surface area contributed by atoms with E-state index in [9.17, 15) is 14.7 Å². The van der Waals surface area contributed by atoms with E-state index in [2.05, 4.69) is 0 Å². The van der Waals surface area contributed by atoms with Gasteiger partial charge in [-0.05, 0) is 38.5 Å². The van der Waals surface area contributed by atoms with Gasteiger partial charge in [0, 0.05) is 19.0 Å². The first kappa shape index (κ1) is 16.4. The van der Waals surface area contributed by atoms with Gasteiger partial charge < -0.3 is 24.2 Å². The summed E-state index contributed by atoms with van der Waals surface area (Å²) in [6.07, 6.45) is -0.489. The third-order valence-corrected chi connectivity index (χ3v) is 4.11. The van der Waals surface area contributed by atoms with Crippen LogP contribution in [0.3, 0.4) is 0 Å². The molecule has 2 unspecified atom stereocenters. The van der Waals surface area contributed by atoms with E-state index in [-0.39, 0.29) is 19.3 Å². The lowest BCUT2D eigenvalue weighted by atomic mass is 9.89. The van der Waals surface area contributed by atoms with Crippen molar-refractivity contribution in [1.82, 2.24) is 4.90 Å². The van der Waals surface area contributed by atoms with Crippen molar-refractivity contribution in [1.29, 1.82) is 0 Å². The number of rotatable bonds is 2. The lowest BCUT2D eigenvalue weighted by Gasteiger charge is -2.24. The Balaban J connectivity index is 1.81. The highest BCUT2D eigenvalue weighted by atomic mass is 16.7. The summed E-state index contributed by atoms with van der Waals surface area (Å²) >= 11 is 0. The molecule has 130 valence electrons. The van der Waals surface area contributed by atoms with Gasteiger partial charge in [0.05, 0.1) is 5.92 Å². The van der Waals surface area contributed by atoms with Crippen LogP contribution < -0.4 is 9.47 Å². The quantitative estimate of drug-likeness (QED) is 0.893. The fourth-order valence-corrected chi connectivity index (χ4v) is 3.01. The Morgan fingerprint density at radius 3 is 2.58 bits per heavy atom. The smallest absolute Gasteiger partial charge is 0.410 e. The fourth-order valence-electron chi connectivity index (χ4n) is 3.01. The van der Waals surface area contributed by atoms with Crippen molar-refractivity contribution in [3.05, 3.63) is 23.8 Å². The standard InChI is InChI=1S/C17H21NO6/c1-17(2,3)24-16(21)18-7-11(12(8-18)15(19)20)10-4-5-13-14(6-10)23-9-22-13/h4-6,11-12H,7-9H2,1-3H3,(H,19,20). The van der Waals surface area contributed by atoms with Crippen LogP contribution in [0.25, 0.3) is 0 Å². The molecule has 0 bridgehead atoms. The number of carboxylic acids is 1. The Morgan fingerprint density at radius 2 is 1.92 bits per heavy atom. The summed E-state index contributed by atoms with van der Waals surface area (Å²) in [5.74, 6) is -0.675. The molecule has 7 heteroatoms. The zero-order valence-electron chi connectivity index (χ0n) is 13.9. The Labute approximate surface area is 140 Å². The maximum absolute atomic E-state index is 12.3. The second-order valence-electron chi connectivity index (χ2n) is 7.05. The van der Waals surface area contributed by atoms with Gasteiger partial charge in [0.15, 0.2) is 11.5 Å². The Morgan fingerprint density at radius 1 is 1.21 bits per heavy atom. The second kappa shape index (κ2) is 5.89. The predicted octanol–water partition coefficient (Wildman–Crippen LogP) is 2.45. The minimum Gasteiger partial charge on any atom is -0.481 e. The SMILES string of the molecule is CC(C)(C)OC(=O)N1CC(C(=O)O)C(c2ccc3c(c2)OCO3)C1. The molecule has 0 aromatic heterocycles. The van der Waals surface area contributed by atoms with Crippen LogP contribution in [0.2, 0.25) is 0 Å². The van der Waals surface area contributed by atoms with Gasteiger partial charge in [-0.1, -0.05) is 6.07 Å². The van der Waals surface area contributed by atoms with Crippen molar-refractivity contribution in [3.8, 4) is 11.5 Å². The van der Waals surface area contributed by atoms with E-state index in [1.54, 1.807) is 32.9 Å². The number of fused-ring (bicyclic) bond motifs is 1. The van der Waals surface area contributed by atoms with Crippen LogP contribution >= 0.6 is 0 Å². The van der Waals surface area contributed by atoms with Crippen LogP contribution in [-0.4, -0.2) is 47.6 Å². The van der Waals surface area contributed by atoms with Crippen molar-refractivity contribution in [2.24, 2.45) is 5.92 Å². The predicted molar refractivity (Wildman–Crippen MR) is 84.2 cm³/mol.